The van der Waals surface area contributed by atoms with Gasteiger partial charge in [-0.3, -0.25) is 4.79 Å². The molecule has 112 valence electrons. The van der Waals surface area contributed by atoms with Gasteiger partial charge >= 0.3 is 0 Å². The molecular formula is C15H18N2O3S. The van der Waals surface area contributed by atoms with E-state index in [2.05, 4.69) is 10.3 Å². The molecule has 0 fully saturated rings. The molecule has 1 N–H and O–H groups in total. The summed E-state index contributed by atoms with van der Waals surface area (Å²) in [5, 5.41) is 5.25. The molecule has 0 aliphatic carbocycles. The number of methoxy groups -OCH3 is 2. The van der Waals surface area contributed by atoms with Crippen molar-refractivity contribution in [2.24, 2.45) is 5.92 Å². The molecule has 2 rings (SSSR count). The molecule has 0 radical (unpaired) electrons. The number of benzene rings is 1. The molecule has 0 spiro atoms. The van der Waals surface area contributed by atoms with Crippen LogP contribution in [-0.4, -0.2) is 25.1 Å². The van der Waals surface area contributed by atoms with Gasteiger partial charge in [0, 0.05) is 16.9 Å². The third kappa shape index (κ3) is 3.52. The first-order valence-corrected chi connectivity index (χ1v) is 7.42. The van der Waals surface area contributed by atoms with Crippen LogP contribution in [0.1, 0.15) is 13.8 Å². The summed E-state index contributed by atoms with van der Waals surface area (Å²) in [6, 6.07) is 5.53. The molecule has 6 heteroatoms. The monoisotopic (exact) mass is 306 g/mol. The number of aromatic nitrogens is 1. The van der Waals surface area contributed by atoms with Crippen LogP contribution < -0.4 is 14.8 Å². The predicted octanol–water partition coefficient (Wildman–Crippen LogP) is 3.42. The second-order valence-electron chi connectivity index (χ2n) is 4.75. The fraction of sp³-hybridized carbons (Fsp3) is 0.333. The molecular weight excluding hydrogens is 288 g/mol. The van der Waals surface area contributed by atoms with E-state index in [0.29, 0.717) is 10.9 Å². The number of rotatable bonds is 5. The molecule has 21 heavy (non-hydrogen) atoms. The number of anilines is 1. The Morgan fingerprint density at radius 3 is 2.67 bits per heavy atom. The third-order valence-corrected chi connectivity index (χ3v) is 3.70. The number of ether oxygens (including phenoxy) is 2. The van der Waals surface area contributed by atoms with E-state index in [0.717, 1.165) is 17.0 Å². The molecule has 5 nitrogen and oxygen atoms in total. The van der Waals surface area contributed by atoms with Gasteiger partial charge in [0.15, 0.2) is 5.13 Å². The van der Waals surface area contributed by atoms with E-state index in [9.17, 15) is 4.79 Å². The van der Waals surface area contributed by atoms with Crippen molar-refractivity contribution in [2.45, 2.75) is 13.8 Å². The Morgan fingerprint density at radius 2 is 2.05 bits per heavy atom. The summed E-state index contributed by atoms with van der Waals surface area (Å²) >= 11 is 1.38. The quantitative estimate of drug-likeness (QED) is 0.919. The fourth-order valence-corrected chi connectivity index (χ4v) is 2.43. The van der Waals surface area contributed by atoms with Gasteiger partial charge in [0.05, 0.1) is 19.9 Å². The van der Waals surface area contributed by atoms with Gasteiger partial charge in [0.1, 0.15) is 11.5 Å². The minimum atomic E-state index is -0.0799. The van der Waals surface area contributed by atoms with Gasteiger partial charge in [-0.2, -0.15) is 0 Å². The van der Waals surface area contributed by atoms with Crippen molar-refractivity contribution < 1.29 is 14.3 Å². The number of carbonyl (C=O) groups is 1. The Bertz CT molecular complexity index is 638. The maximum atomic E-state index is 11.7. The van der Waals surface area contributed by atoms with Crippen LogP contribution in [0.25, 0.3) is 11.3 Å². The first kappa shape index (κ1) is 15.3. The molecule has 0 atom stereocenters. The Balaban J connectivity index is 2.30. The van der Waals surface area contributed by atoms with E-state index >= 15 is 0 Å². The maximum absolute atomic E-state index is 11.7. The van der Waals surface area contributed by atoms with Gasteiger partial charge in [-0.05, 0) is 18.2 Å². The Morgan fingerprint density at radius 1 is 1.29 bits per heavy atom. The first-order valence-electron chi connectivity index (χ1n) is 6.54. The molecule has 0 saturated carbocycles. The predicted molar refractivity (Wildman–Crippen MR) is 84.1 cm³/mol. The zero-order valence-electron chi connectivity index (χ0n) is 12.5. The number of nitrogens with one attached hydrogen (secondary N) is 1. The lowest BCUT2D eigenvalue weighted by atomic mass is 10.1. The normalized spacial score (nSPS) is 10.5. The highest BCUT2D eigenvalue weighted by Gasteiger charge is 2.14. The number of thiazole rings is 1. The zero-order valence-corrected chi connectivity index (χ0v) is 13.3. The number of carbonyl (C=O) groups excluding carboxylic acids is 1. The van der Waals surface area contributed by atoms with Crippen molar-refractivity contribution in [3.8, 4) is 22.8 Å². The van der Waals surface area contributed by atoms with Crippen LogP contribution in [0.4, 0.5) is 5.13 Å². The van der Waals surface area contributed by atoms with E-state index in [1.54, 1.807) is 14.2 Å². The van der Waals surface area contributed by atoms with Crippen molar-refractivity contribution in [1.82, 2.24) is 4.98 Å². The van der Waals surface area contributed by atoms with E-state index in [-0.39, 0.29) is 11.8 Å². The standard InChI is InChI=1S/C15H18N2O3S/c1-9(2)14(18)17-15-16-12(8-21-15)11-7-10(19-3)5-6-13(11)20-4/h5-9H,1-4H3,(H,16,17,18). The molecule has 1 heterocycles. The summed E-state index contributed by atoms with van der Waals surface area (Å²) in [4.78, 5) is 16.1. The maximum Gasteiger partial charge on any atom is 0.228 e. The third-order valence-electron chi connectivity index (χ3n) is 2.94. The van der Waals surface area contributed by atoms with Gasteiger partial charge in [-0.25, -0.2) is 4.98 Å². The van der Waals surface area contributed by atoms with E-state index in [4.69, 9.17) is 9.47 Å². The second-order valence-corrected chi connectivity index (χ2v) is 5.61. The minimum Gasteiger partial charge on any atom is -0.497 e. The van der Waals surface area contributed by atoms with Crippen molar-refractivity contribution in [3.05, 3.63) is 23.6 Å². The molecule has 0 unspecified atom stereocenters. The van der Waals surface area contributed by atoms with Crippen LogP contribution in [-0.2, 0) is 4.79 Å². The number of hydrogen-bond acceptors (Lipinski definition) is 5. The largest absolute Gasteiger partial charge is 0.497 e. The lowest BCUT2D eigenvalue weighted by Gasteiger charge is -2.08. The van der Waals surface area contributed by atoms with E-state index < -0.39 is 0 Å². The van der Waals surface area contributed by atoms with Crippen LogP contribution in [0, 0.1) is 5.92 Å². The summed E-state index contributed by atoms with van der Waals surface area (Å²) < 4.78 is 10.6. The van der Waals surface area contributed by atoms with Gasteiger partial charge in [0.25, 0.3) is 0 Å². The Hall–Kier alpha value is -2.08. The summed E-state index contributed by atoms with van der Waals surface area (Å²) in [6.07, 6.45) is 0. The van der Waals surface area contributed by atoms with Gasteiger partial charge in [0.2, 0.25) is 5.91 Å². The topological polar surface area (TPSA) is 60.5 Å². The Labute approximate surface area is 127 Å². The summed E-state index contributed by atoms with van der Waals surface area (Å²) in [5.74, 6) is 1.31. The second kappa shape index (κ2) is 6.58. The van der Waals surface area contributed by atoms with Gasteiger partial charge in [-0.1, -0.05) is 13.8 Å². The Kier molecular flexibility index (Phi) is 4.80. The van der Waals surface area contributed by atoms with Crippen molar-refractivity contribution >= 4 is 22.4 Å². The zero-order chi connectivity index (χ0) is 15.4. The SMILES string of the molecule is COc1ccc(OC)c(-c2csc(NC(=O)C(C)C)n2)c1. The summed E-state index contributed by atoms with van der Waals surface area (Å²) in [6.45, 7) is 3.68. The number of nitrogens with zero attached hydrogens (tertiary/aromatic N) is 1. The molecule has 0 bridgehead atoms. The van der Waals surface area contributed by atoms with Crippen LogP contribution in [0.5, 0.6) is 11.5 Å². The van der Waals surface area contributed by atoms with E-state index in [1.165, 1.54) is 11.3 Å². The van der Waals surface area contributed by atoms with Crippen LogP contribution in [0.15, 0.2) is 23.6 Å². The highest BCUT2D eigenvalue weighted by Crippen LogP contribution is 2.35. The van der Waals surface area contributed by atoms with Gasteiger partial charge < -0.3 is 14.8 Å². The van der Waals surface area contributed by atoms with Crippen molar-refractivity contribution in [3.63, 3.8) is 0 Å². The molecule has 1 aromatic carbocycles. The number of hydrogen-bond donors (Lipinski definition) is 1. The van der Waals surface area contributed by atoms with Crippen molar-refractivity contribution in [2.75, 3.05) is 19.5 Å². The number of amides is 1. The average molecular weight is 306 g/mol. The lowest BCUT2D eigenvalue weighted by Crippen LogP contribution is -2.17. The molecule has 1 amide bonds. The lowest BCUT2D eigenvalue weighted by molar-refractivity contribution is -0.118. The fourth-order valence-electron chi connectivity index (χ4n) is 1.72. The van der Waals surface area contributed by atoms with Gasteiger partial charge in [-0.15, -0.1) is 11.3 Å². The van der Waals surface area contributed by atoms with Crippen LogP contribution in [0.2, 0.25) is 0 Å². The van der Waals surface area contributed by atoms with E-state index in [1.807, 2.05) is 37.4 Å². The summed E-state index contributed by atoms with van der Waals surface area (Å²) in [7, 11) is 3.22. The first-order chi connectivity index (χ1) is 10.0. The molecule has 0 aliphatic heterocycles. The van der Waals surface area contributed by atoms with Crippen LogP contribution >= 0.6 is 11.3 Å². The average Bonchev–Trinajstić information content (AvgIpc) is 2.94. The molecule has 0 saturated heterocycles. The van der Waals surface area contributed by atoms with Crippen LogP contribution in [0.3, 0.4) is 0 Å². The van der Waals surface area contributed by atoms with Crippen molar-refractivity contribution in [1.29, 1.82) is 0 Å². The smallest absolute Gasteiger partial charge is 0.228 e. The molecule has 2 aromatic rings. The highest BCUT2D eigenvalue weighted by atomic mass is 32.1. The minimum absolute atomic E-state index is 0.0477. The molecule has 1 aromatic heterocycles. The molecule has 0 aliphatic rings. The summed E-state index contributed by atoms with van der Waals surface area (Å²) in [5.41, 5.74) is 1.58. The highest BCUT2D eigenvalue weighted by molar-refractivity contribution is 7.14.